The molecule has 0 spiro atoms. The van der Waals surface area contributed by atoms with E-state index in [0.717, 1.165) is 26.8 Å². The van der Waals surface area contributed by atoms with E-state index in [1.54, 1.807) is 24.3 Å². The van der Waals surface area contributed by atoms with Crippen molar-refractivity contribution in [1.82, 2.24) is 14.1 Å². The summed E-state index contributed by atoms with van der Waals surface area (Å²) in [6, 6.07) is 12.6. The van der Waals surface area contributed by atoms with Gasteiger partial charge in [-0.25, -0.2) is 14.2 Å². The summed E-state index contributed by atoms with van der Waals surface area (Å²) < 4.78 is 2.13. The van der Waals surface area contributed by atoms with Crippen LogP contribution in [0.3, 0.4) is 0 Å². The number of hydrogen-bond acceptors (Lipinski definition) is 6. The molecule has 0 fully saturated rings. The molecule has 0 aliphatic carbocycles. The normalized spacial score (nSPS) is 11.6. The number of benzene rings is 2. The van der Waals surface area contributed by atoms with Crippen molar-refractivity contribution in [3.8, 4) is 0 Å². The van der Waals surface area contributed by atoms with E-state index in [1.807, 2.05) is 39.0 Å². The highest BCUT2D eigenvalue weighted by Gasteiger charge is 2.20. The number of halogens is 1. The summed E-state index contributed by atoms with van der Waals surface area (Å²) in [5, 5.41) is 6.01. The lowest BCUT2D eigenvalue weighted by Gasteiger charge is -2.17. The predicted molar refractivity (Wildman–Crippen MR) is 137 cm³/mol. The summed E-state index contributed by atoms with van der Waals surface area (Å²) in [7, 11) is 0. The number of nitroso groups, excluding NO2 is 1. The maximum Gasteiger partial charge on any atom is 0.354 e. The Kier molecular flexibility index (Phi) is 8.14. The van der Waals surface area contributed by atoms with Gasteiger partial charge in [-0.05, 0) is 61.7 Å². The SMILES string of the molecule is CC(C)=Cc1ccc(Nc2nc(=O)n(C[C@H](C)C(=O)N=O)c(=O)n2Cc2ccc(Cl)cc2)cc1C. The van der Waals surface area contributed by atoms with Crippen LogP contribution in [0.5, 0.6) is 0 Å². The van der Waals surface area contributed by atoms with Crippen LogP contribution in [0.1, 0.15) is 37.5 Å². The Labute approximate surface area is 207 Å². The predicted octanol–water partition coefficient (Wildman–Crippen LogP) is 4.51. The van der Waals surface area contributed by atoms with Crippen LogP contribution in [0.25, 0.3) is 6.08 Å². The molecule has 1 N–H and O–H groups in total. The van der Waals surface area contributed by atoms with Gasteiger partial charge in [-0.15, -0.1) is 4.91 Å². The molecule has 1 aromatic heterocycles. The average Bonchev–Trinajstić information content (AvgIpc) is 2.81. The van der Waals surface area contributed by atoms with E-state index >= 15 is 0 Å². The zero-order valence-electron chi connectivity index (χ0n) is 19.9. The van der Waals surface area contributed by atoms with E-state index < -0.39 is 23.2 Å². The first kappa shape index (κ1) is 25.8. The van der Waals surface area contributed by atoms with Crippen LogP contribution in [0.15, 0.2) is 62.8 Å². The molecule has 9 nitrogen and oxygen atoms in total. The molecule has 0 saturated heterocycles. The van der Waals surface area contributed by atoms with Crippen LogP contribution in [0, 0.1) is 17.7 Å². The molecule has 0 bridgehead atoms. The third-order valence-corrected chi connectivity index (χ3v) is 5.59. The molecule has 1 atom stereocenters. The van der Waals surface area contributed by atoms with Gasteiger partial charge < -0.3 is 5.32 Å². The standard InChI is InChI=1S/C25H26ClN5O4/c1-15(2)11-19-7-10-21(12-16(19)3)27-23-28-24(33)31(13-17(4)22(32)29-35)25(34)30(23)14-18-5-8-20(26)9-6-18/h5-12,17H,13-14H2,1-4H3,(H,27,28,33)/t17-/m0/s1. The van der Waals surface area contributed by atoms with Crippen molar-refractivity contribution in [2.45, 2.75) is 40.8 Å². The molecule has 0 unspecified atom stereocenters. The zero-order chi connectivity index (χ0) is 25.7. The summed E-state index contributed by atoms with van der Waals surface area (Å²) in [5.41, 5.74) is 3.11. The number of rotatable bonds is 8. The van der Waals surface area contributed by atoms with Crippen molar-refractivity contribution in [3.63, 3.8) is 0 Å². The van der Waals surface area contributed by atoms with Gasteiger partial charge in [-0.2, -0.15) is 4.98 Å². The molecule has 182 valence electrons. The van der Waals surface area contributed by atoms with Gasteiger partial charge in [0.1, 0.15) is 0 Å². The highest BCUT2D eigenvalue weighted by Crippen LogP contribution is 2.21. The highest BCUT2D eigenvalue weighted by atomic mass is 35.5. The number of amides is 1. The Hall–Kier alpha value is -3.85. The zero-order valence-corrected chi connectivity index (χ0v) is 20.7. The fourth-order valence-corrected chi connectivity index (χ4v) is 3.62. The lowest BCUT2D eigenvalue weighted by atomic mass is 10.1. The van der Waals surface area contributed by atoms with Crippen molar-refractivity contribution >= 4 is 35.2 Å². The second-order valence-electron chi connectivity index (χ2n) is 8.57. The van der Waals surface area contributed by atoms with E-state index in [-0.39, 0.29) is 19.0 Å². The maximum atomic E-state index is 13.4. The number of nitrogens with one attached hydrogen (secondary N) is 1. The third kappa shape index (κ3) is 6.39. The second-order valence-corrected chi connectivity index (χ2v) is 9.01. The van der Waals surface area contributed by atoms with E-state index in [4.69, 9.17) is 11.6 Å². The smallest absolute Gasteiger partial charge is 0.325 e. The molecular formula is C25H26ClN5O4. The third-order valence-electron chi connectivity index (χ3n) is 5.34. The number of carbonyl (C=O) groups is 1. The van der Waals surface area contributed by atoms with Gasteiger partial charge in [0.15, 0.2) is 0 Å². The molecule has 1 amide bonds. The summed E-state index contributed by atoms with van der Waals surface area (Å²) in [6.07, 6.45) is 2.06. The molecule has 2 aromatic carbocycles. The minimum absolute atomic E-state index is 0.0491. The Bertz CT molecular complexity index is 1400. The fourth-order valence-electron chi connectivity index (χ4n) is 3.49. The monoisotopic (exact) mass is 495 g/mol. The average molecular weight is 496 g/mol. The molecule has 0 aliphatic rings. The molecule has 0 radical (unpaired) electrons. The van der Waals surface area contributed by atoms with Crippen molar-refractivity contribution in [3.05, 3.63) is 95.6 Å². The molecule has 3 rings (SSSR count). The minimum Gasteiger partial charge on any atom is -0.325 e. The summed E-state index contributed by atoms with van der Waals surface area (Å²) in [4.78, 5) is 52.4. The number of aryl methyl sites for hydroxylation is 1. The van der Waals surface area contributed by atoms with Crippen molar-refractivity contribution < 1.29 is 4.79 Å². The number of anilines is 2. The Morgan fingerprint density at radius 3 is 2.43 bits per heavy atom. The molecule has 10 heteroatoms. The Balaban J connectivity index is 2.08. The van der Waals surface area contributed by atoms with Gasteiger partial charge in [-0.1, -0.05) is 48.4 Å². The lowest BCUT2D eigenvalue weighted by Crippen LogP contribution is -2.44. The molecule has 35 heavy (non-hydrogen) atoms. The van der Waals surface area contributed by atoms with Gasteiger partial charge in [0.25, 0.3) is 5.91 Å². The van der Waals surface area contributed by atoms with Gasteiger partial charge in [0, 0.05) is 22.4 Å². The highest BCUT2D eigenvalue weighted by molar-refractivity contribution is 6.30. The summed E-state index contributed by atoms with van der Waals surface area (Å²) >= 11 is 5.98. The number of nitrogens with zero attached hydrogens (tertiary/aromatic N) is 4. The minimum atomic E-state index is -0.951. The number of aromatic nitrogens is 3. The second kappa shape index (κ2) is 11.1. The molecule has 3 aromatic rings. The van der Waals surface area contributed by atoms with E-state index in [0.29, 0.717) is 10.7 Å². The van der Waals surface area contributed by atoms with Crippen molar-refractivity contribution in [1.29, 1.82) is 0 Å². The van der Waals surface area contributed by atoms with Gasteiger partial charge in [-0.3, -0.25) is 9.36 Å². The van der Waals surface area contributed by atoms with Gasteiger partial charge >= 0.3 is 11.4 Å². The van der Waals surface area contributed by atoms with Gasteiger partial charge in [0.05, 0.1) is 12.5 Å². The van der Waals surface area contributed by atoms with Crippen LogP contribution < -0.4 is 16.7 Å². The van der Waals surface area contributed by atoms with Crippen LogP contribution >= 0.6 is 11.6 Å². The largest absolute Gasteiger partial charge is 0.354 e. The number of carbonyl (C=O) groups excluding carboxylic acids is 1. The van der Waals surface area contributed by atoms with Crippen LogP contribution in [-0.4, -0.2) is 20.0 Å². The number of allylic oxidation sites excluding steroid dienone is 1. The topological polar surface area (TPSA) is 115 Å². The summed E-state index contributed by atoms with van der Waals surface area (Å²) in [6.45, 7) is 7.19. The van der Waals surface area contributed by atoms with E-state index in [2.05, 4.69) is 21.6 Å². The lowest BCUT2D eigenvalue weighted by molar-refractivity contribution is -0.121. The first-order valence-corrected chi connectivity index (χ1v) is 11.3. The molecule has 0 saturated carbocycles. The Morgan fingerprint density at radius 2 is 1.83 bits per heavy atom. The van der Waals surface area contributed by atoms with Gasteiger partial charge in [0.2, 0.25) is 5.95 Å². The molecule has 1 heterocycles. The number of hydrogen-bond donors (Lipinski definition) is 1. The molecular weight excluding hydrogens is 470 g/mol. The van der Waals surface area contributed by atoms with E-state index in [1.165, 1.54) is 11.5 Å². The van der Waals surface area contributed by atoms with Crippen LogP contribution in [0.4, 0.5) is 11.6 Å². The quantitative estimate of drug-likeness (QED) is 0.459. The van der Waals surface area contributed by atoms with E-state index in [9.17, 15) is 19.3 Å². The van der Waals surface area contributed by atoms with Crippen molar-refractivity contribution in [2.24, 2.45) is 11.1 Å². The van der Waals surface area contributed by atoms with Crippen LogP contribution in [0.2, 0.25) is 5.02 Å². The Morgan fingerprint density at radius 1 is 1.14 bits per heavy atom. The summed E-state index contributed by atoms with van der Waals surface area (Å²) in [5.74, 6) is -1.85. The van der Waals surface area contributed by atoms with Crippen molar-refractivity contribution in [2.75, 3.05) is 5.32 Å². The maximum absolute atomic E-state index is 13.4. The van der Waals surface area contributed by atoms with Crippen LogP contribution in [-0.2, 0) is 17.9 Å². The fraction of sp³-hybridized carbons (Fsp3) is 0.280. The first-order chi connectivity index (χ1) is 16.6. The molecule has 0 aliphatic heterocycles. The first-order valence-electron chi connectivity index (χ1n) is 10.9.